The molecule has 2 fully saturated rings. The van der Waals surface area contributed by atoms with Gasteiger partial charge in [-0.25, -0.2) is 9.69 Å². The molecule has 7 atom stereocenters. The number of ether oxygens (including phenoxy) is 2. The van der Waals surface area contributed by atoms with Crippen LogP contribution in [-0.2, 0) is 24.5 Å². The molecule has 8 rings (SSSR count). The van der Waals surface area contributed by atoms with Crippen LogP contribution in [-0.4, -0.2) is 70.0 Å². The quantitative estimate of drug-likeness (QED) is 0.0970. The summed E-state index contributed by atoms with van der Waals surface area (Å²) < 4.78 is 12.5. The minimum Gasteiger partial charge on any atom is -0.491 e. The second kappa shape index (κ2) is 16.8. The topological polar surface area (TPSA) is 166 Å². The number of carboxylic acids is 1. The number of esters is 1. The van der Waals surface area contributed by atoms with Crippen LogP contribution in [0.1, 0.15) is 71.0 Å². The highest BCUT2D eigenvalue weighted by Gasteiger charge is 2.76. The van der Waals surface area contributed by atoms with Crippen LogP contribution >= 0.6 is 0 Å². The molecule has 4 N–H and O–H groups in total. The molecular weight excluding hydrogens is 763 g/mol. The van der Waals surface area contributed by atoms with E-state index in [-0.39, 0.29) is 43.2 Å². The Bertz CT molecular complexity index is 2470. The molecule has 5 aromatic rings. The van der Waals surface area contributed by atoms with E-state index in [1.165, 1.54) is 0 Å². The third-order valence-electron chi connectivity index (χ3n) is 11.6. The fraction of sp³-hybridized carbons (Fsp3) is 0.250. The van der Waals surface area contributed by atoms with Gasteiger partial charge in [-0.2, -0.15) is 0 Å². The Morgan fingerprint density at radius 3 is 2.15 bits per heavy atom. The average molecular weight is 806 g/mol. The first-order valence-corrected chi connectivity index (χ1v) is 19.8. The van der Waals surface area contributed by atoms with Crippen molar-refractivity contribution in [3.63, 3.8) is 0 Å². The lowest BCUT2D eigenvalue weighted by Crippen LogP contribution is -2.54. The molecule has 12 nitrogen and oxygen atoms in total. The van der Waals surface area contributed by atoms with Gasteiger partial charge >= 0.3 is 18.0 Å². The van der Waals surface area contributed by atoms with Crippen LogP contribution in [0.2, 0.25) is 0 Å². The molecule has 0 unspecified atom stereocenters. The number of carboxylic acid groups (broad SMARTS) is 1. The molecule has 3 amide bonds. The maximum Gasteiger partial charge on any atom is 0.329 e. The number of para-hydroxylation sites is 1. The van der Waals surface area contributed by atoms with Crippen LogP contribution in [0, 0.1) is 17.8 Å². The summed E-state index contributed by atoms with van der Waals surface area (Å²) >= 11 is 0. The molecule has 3 aliphatic heterocycles. The number of urea groups is 1. The number of amides is 3. The fourth-order valence-electron chi connectivity index (χ4n) is 9.22. The van der Waals surface area contributed by atoms with E-state index in [1.807, 2.05) is 91.0 Å². The van der Waals surface area contributed by atoms with Crippen LogP contribution in [0.25, 0.3) is 0 Å². The van der Waals surface area contributed by atoms with Gasteiger partial charge in [0.05, 0.1) is 37.0 Å². The van der Waals surface area contributed by atoms with E-state index in [1.54, 1.807) is 54.3 Å². The SMILES string of the molecule is C[C@@H](NC(=O)N1C(=O)[C@@]2(c3cc(C#CCCO)ccc31)[C@H](C(=O)O)[C@H]1C(=O)O[C@H](c3ccccc3)[C@H](c3ccccc3)N1[C@@H]2c1ccccc1OCCO)c1ccccc1. The minimum atomic E-state index is -2.19. The number of morpholine rings is 1. The zero-order valence-electron chi connectivity index (χ0n) is 32.7. The lowest BCUT2D eigenvalue weighted by Gasteiger charge is -2.46. The van der Waals surface area contributed by atoms with Crippen LogP contribution in [0.3, 0.4) is 0 Å². The van der Waals surface area contributed by atoms with E-state index < -0.39 is 65.5 Å². The third-order valence-corrected chi connectivity index (χ3v) is 11.6. The van der Waals surface area contributed by atoms with E-state index in [2.05, 4.69) is 17.2 Å². The van der Waals surface area contributed by atoms with Crippen molar-refractivity contribution >= 4 is 29.6 Å². The van der Waals surface area contributed by atoms with Gasteiger partial charge in [0, 0.05) is 17.5 Å². The number of aliphatic hydroxyl groups excluding tert-OH is 2. The Hall–Kier alpha value is -6.78. The number of anilines is 1. The Labute approximate surface area is 347 Å². The molecule has 60 heavy (non-hydrogen) atoms. The number of carbonyl (C=O) groups excluding carboxylic acids is 3. The molecule has 0 aliphatic carbocycles. The lowest BCUT2D eigenvalue weighted by molar-refractivity contribution is -0.179. The summed E-state index contributed by atoms with van der Waals surface area (Å²) in [5.74, 6) is 1.18. The Morgan fingerprint density at radius 2 is 1.48 bits per heavy atom. The minimum absolute atomic E-state index is 0.125. The highest BCUT2D eigenvalue weighted by molar-refractivity contribution is 6.24. The third kappa shape index (κ3) is 6.76. The number of hydrogen-bond donors (Lipinski definition) is 4. The van der Waals surface area contributed by atoms with Crippen LogP contribution < -0.4 is 15.0 Å². The molecule has 0 bridgehead atoms. The molecule has 0 aromatic heterocycles. The number of rotatable bonds is 10. The summed E-state index contributed by atoms with van der Waals surface area (Å²) in [6, 6.07) is 34.2. The molecule has 12 heteroatoms. The van der Waals surface area contributed by atoms with Gasteiger partial charge in [0.25, 0.3) is 0 Å². The number of cyclic esters (lactones) is 1. The predicted octanol–water partition coefficient (Wildman–Crippen LogP) is 6.01. The summed E-state index contributed by atoms with van der Waals surface area (Å²) in [6.07, 6.45) is -0.808. The number of fused-ring (bicyclic) bond motifs is 3. The maximum atomic E-state index is 16.1. The van der Waals surface area contributed by atoms with E-state index in [0.717, 1.165) is 10.5 Å². The molecule has 0 radical (unpaired) electrons. The zero-order chi connectivity index (χ0) is 42.0. The highest BCUT2D eigenvalue weighted by atomic mass is 16.6. The first kappa shape index (κ1) is 40.0. The van der Waals surface area contributed by atoms with Gasteiger partial charge in [-0.05, 0) is 53.4 Å². The summed E-state index contributed by atoms with van der Waals surface area (Å²) in [6.45, 7) is 1.13. The summed E-state index contributed by atoms with van der Waals surface area (Å²) in [5.41, 5.74) is 0.967. The van der Waals surface area contributed by atoms with Gasteiger partial charge in [0.1, 0.15) is 35.8 Å². The van der Waals surface area contributed by atoms with Crippen molar-refractivity contribution in [3.8, 4) is 17.6 Å². The van der Waals surface area contributed by atoms with Gasteiger partial charge < -0.3 is 30.1 Å². The lowest BCUT2D eigenvalue weighted by atomic mass is 9.65. The molecule has 304 valence electrons. The smallest absolute Gasteiger partial charge is 0.329 e. The van der Waals surface area contributed by atoms with Crippen molar-refractivity contribution in [1.29, 1.82) is 0 Å². The predicted molar refractivity (Wildman–Crippen MR) is 221 cm³/mol. The molecule has 3 heterocycles. The van der Waals surface area contributed by atoms with Crippen molar-refractivity contribution in [2.75, 3.05) is 24.7 Å². The number of hydrogen-bond acceptors (Lipinski definition) is 9. The van der Waals surface area contributed by atoms with Gasteiger partial charge in [-0.15, -0.1) is 0 Å². The first-order chi connectivity index (χ1) is 29.2. The Balaban J connectivity index is 1.44. The maximum absolute atomic E-state index is 16.1. The van der Waals surface area contributed by atoms with E-state index >= 15 is 4.79 Å². The molecule has 5 aromatic carbocycles. The molecule has 0 saturated carbocycles. The zero-order valence-corrected chi connectivity index (χ0v) is 32.7. The molecular formula is C48H43N3O9. The second-order valence-electron chi connectivity index (χ2n) is 14.9. The number of benzene rings is 5. The molecule has 3 aliphatic rings. The van der Waals surface area contributed by atoms with Crippen LogP contribution in [0.15, 0.2) is 133 Å². The van der Waals surface area contributed by atoms with E-state index in [4.69, 9.17) is 9.47 Å². The van der Waals surface area contributed by atoms with Crippen molar-refractivity contribution < 1.29 is 44.0 Å². The van der Waals surface area contributed by atoms with Crippen molar-refractivity contribution in [2.24, 2.45) is 5.92 Å². The fourth-order valence-corrected chi connectivity index (χ4v) is 9.22. The van der Waals surface area contributed by atoms with Crippen molar-refractivity contribution in [2.45, 2.75) is 49.0 Å². The first-order valence-electron chi connectivity index (χ1n) is 19.8. The average Bonchev–Trinajstić information content (AvgIpc) is 3.73. The highest BCUT2D eigenvalue weighted by Crippen LogP contribution is 2.66. The van der Waals surface area contributed by atoms with Gasteiger partial charge in [0.15, 0.2) is 0 Å². The van der Waals surface area contributed by atoms with E-state index in [0.29, 0.717) is 22.3 Å². The van der Waals surface area contributed by atoms with Crippen molar-refractivity contribution in [1.82, 2.24) is 10.2 Å². The number of nitrogens with one attached hydrogen (secondary N) is 1. The summed E-state index contributed by atoms with van der Waals surface area (Å²) in [4.78, 5) is 62.6. The number of nitrogens with zero attached hydrogens (tertiary/aromatic N) is 2. The number of carbonyl (C=O) groups is 4. The summed E-state index contributed by atoms with van der Waals surface area (Å²) in [5, 5.41) is 34.0. The van der Waals surface area contributed by atoms with Crippen molar-refractivity contribution in [3.05, 3.63) is 167 Å². The van der Waals surface area contributed by atoms with Gasteiger partial charge in [0.2, 0.25) is 5.91 Å². The monoisotopic (exact) mass is 805 g/mol. The largest absolute Gasteiger partial charge is 0.491 e. The number of aliphatic hydroxyl groups is 2. The normalized spacial score (nSPS) is 23.5. The molecule has 1 spiro atoms. The summed E-state index contributed by atoms with van der Waals surface area (Å²) in [7, 11) is 0. The van der Waals surface area contributed by atoms with Gasteiger partial charge in [-0.1, -0.05) is 121 Å². The second-order valence-corrected chi connectivity index (χ2v) is 14.9. The Kier molecular flexibility index (Phi) is 11.2. The van der Waals surface area contributed by atoms with E-state index in [9.17, 15) is 29.7 Å². The van der Waals surface area contributed by atoms with Crippen LogP contribution in [0.5, 0.6) is 5.75 Å². The Morgan fingerprint density at radius 1 is 0.833 bits per heavy atom. The standard InChI is InChI=1S/C48H43N3O9/c1-30(32-16-5-2-6-17-32)49-47(58)50-37-25-24-31(15-13-14-26-52)29-36(37)48(46(50)57)39(44(54)55)41-45(56)60-42(34-20-9-4-10-21-34)40(33-18-7-3-8-19-33)51(41)43(48)35-22-11-12-23-38(35)59-28-27-53/h2-12,16-25,29-30,39-43,52-53H,14,26-28H2,1H3,(H,49,58)(H,54,55)/t30-,39+,40+,41+,42-,43-,48+/m1/s1. The van der Waals surface area contributed by atoms with Gasteiger partial charge in [-0.3, -0.25) is 19.3 Å². The van der Waals surface area contributed by atoms with Crippen LogP contribution in [0.4, 0.5) is 10.5 Å². The molecule has 2 saturated heterocycles. The number of imide groups is 1. The number of aliphatic carboxylic acids is 1.